The number of hydrogen-bond donors (Lipinski definition) is 0. The smallest absolute Gasteiger partial charge is 0.169 e. The standard InChI is InChI=1S/C11H10BrFO/c1-4-8-5-9(12)11(10(13)6-8)14-7(2)3/h1,5-7H,2-3H3. The Labute approximate surface area is 91.4 Å². The summed E-state index contributed by atoms with van der Waals surface area (Å²) < 4.78 is 19.2. The highest BCUT2D eigenvalue weighted by Crippen LogP contribution is 2.30. The van der Waals surface area contributed by atoms with Gasteiger partial charge in [0, 0.05) is 5.56 Å². The molecule has 0 amide bonds. The molecule has 0 aliphatic carbocycles. The lowest BCUT2D eigenvalue weighted by molar-refractivity contribution is 0.229. The molecule has 0 bridgehead atoms. The van der Waals surface area contributed by atoms with Crippen LogP contribution in [0.2, 0.25) is 0 Å². The van der Waals surface area contributed by atoms with E-state index in [4.69, 9.17) is 11.2 Å². The molecule has 0 heterocycles. The van der Waals surface area contributed by atoms with E-state index in [1.807, 2.05) is 13.8 Å². The molecule has 14 heavy (non-hydrogen) atoms. The summed E-state index contributed by atoms with van der Waals surface area (Å²) in [4.78, 5) is 0. The summed E-state index contributed by atoms with van der Waals surface area (Å²) in [5, 5.41) is 0. The maximum absolute atomic E-state index is 13.4. The number of ether oxygens (including phenoxy) is 1. The zero-order valence-corrected chi connectivity index (χ0v) is 9.56. The number of rotatable bonds is 2. The Balaban J connectivity index is 3.13. The van der Waals surface area contributed by atoms with Crippen LogP contribution in [-0.4, -0.2) is 6.10 Å². The molecular formula is C11H10BrFO. The number of hydrogen-bond acceptors (Lipinski definition) is 1. The van der Waals surface area contributed by atoms with Crippen molar-refractivity contribution in [1.82, 2.24) is 0 Å². The fraction of sp³-hybridized carbons (Fsp3) is 0.273. The van der Waals surface area contributed by atoms with Gasteiger partial charge in [0.1, 0.15) is 0 Å². The molecule has 0 aromatic heterocycles. The van der Waals surface area contributed by atoms with Gasteiger partial charge in [-0.15, -0.1) is 6.42 Å². The predicted molar refractivity (Wildman–Crippen MR) is 57.8 cm³/mol. The van der Waals surface area contributed by atoms with E-state index in [1.165, 1.54) is 6.07 Å². The monoisotopic (exact) mass is 256 g/mol. The summed E-state index contributed by atoms with van der Waals surface area (Å²) in [7, 11) is 0. The first-order valence-electron chi connectivity index (χ1n) is 4.17. The van der Waals surface area contributed by atoms with Crippen LogP contribution in [0.4, 0.5) is 4.39 Å². The van der Waals surface area contributed by atoms with Crippen molar-refractivity contribution in [2.75, 3.05) is 0 Å². The molecule has 0 atom stereocenters. The zero-order chi connectivity index (χ0) is 10.7. The highest BCUT2D eigenvalue weighted by molar-refractivity contribution is 9.10. The van der Waals surface area contributed by atoms with Crippen molar-refractivity contribution in [3.8, 4) is 18.1 Å². The lowest BCUT2D eigenvalue weighted by Gasteiger charge is -2.12. The van der Waals surface area contributed by atoms with Crippen LogP contribution in [0.5, 0.6) is 5.75 Å². The molecule has 1 aromatic carbocycles. The van der Waals surface area contributed by atoms with Crippen LogP contribution in [0, 0.1) is 18.2 Å². The third-order valence-corrected chi connectivity index (χ3v) is 2.11. The second-order valence-corrected chi connectivity index (χ2v) is 3.93. The van der Waals surface area contributed by atoms with Crippen LogP contribution < -0.4 is 4.74 Å². The first-order valence-corrected chi connectivity index (χ1v) is 4.96. The highest BCUT2D eigenvalue weighted by atomic mass is 79.9. The fourth-order valence-corrected chi connectivity index (χ4v) is 1.52. The van der Waals surface area contributed by atoms with E-state index in [2.05, 4.69) is 21.9 Å². The fourth-order valence-electron chi connectivity index (χ4n) is 0.992. The van der Waals surface area contributed by atoms with Gasteiger partial charge in [-0.1, -0.05) is 5.92 Å². The number of halogens is 2. The van der Waals surface area contributed by atoms with Gasteiger partial charge in [0.15, 0.2) is 11.6 Å². The molecule has 0 unspecified atom stereocenters. The Morgan fingerprint density at radius 3 is 2.57 bits per heavy atom. The van der Waals surface area contributed by atoms with E-state index in [9.17, 15) is 4.39 Å². The molecule has 0 aliphatic rings. The van der Waals surface area contributed by atoms with Crippen LogP contribution in [0.15, 0.2) is 16.6 Å². The summed E-state index contributed by atoms with van der Waals surface area (Å²) in [6.07, 6.45) is 5.09. The number of benzene rings is 1. The van der Waals surface area contributed by atoms with Gasteiger partial charge in [0.2, 0.25) is 0 Å². The van der Waals surface area contributed by atoms with Gasteiger partial charge in [0.25, 0.3) is 0 Å². The van der Waals surface area contributed by atoms with Crippen molar-refractivity contribution in [2.45, 2.75) is 20.0 Å². The van der Waals surface area contributed by atoms with E-state index < -0.39 is 5.82 Å². The van der Waals surface area contributed by atoms with Gasteiger partial charge in [-0.3, -0.25) is 0 Å². The third kappa shape index (κ3) is 2.49. The van der Waals surface area contributed by atoms with Crippen LogP contribution in [-0.2, 0) is 0 Å². The molecule has 0 saturated carbocycles. The minimum Gasteiger partial charge on any atom is -0.487 e. The summed E-state index contributed by atoms with van der Waals surface area (Å²) in [5.41, 5.74) is 0.491. The van der Waals surface area contributed by atoms with Crippen LogP contribution >= 0.6 is 15.9 Å². The first kappa shape index (κ1) is 11.1. The molecule has 1 rings (SSSR count). The van der Waals surface area contributed by atoms with Crippen LogP contribution in [0.1, 0.15) is 19.4 Å². The molecule has 0 fully saturated rings. The average Bonchev–Trinajstić information content (AvgIpc) is 2.10. The molecule has 1 nitrogen and oxygen atoms in total. The Bertz CT molecular complexity index is 356. The maximum atomic E-state index is 13.4. The predicted octanol–water partition coefficient (Wildman–Crippen LogP) is 3.36. The summed E-state index contributed by atoms with van der Waals surface area (Å²) >= 11 is 3.21. The molecule has 1 aromatic rings. The topological polar surface area (TPSA) is 9.23 Å². The van der Waals surface area contributed by atoms with Gasteiger partial charge in [-0.25, -0.2) is 4.39 Å². The van der Waals surface area contributed by atoms with Crippen molar-refractivity contribution in [1.29, 1.82) is 0 Å². The molecular weight excluding hydrogens is 247 g/mol. The SMILES string of the molecule is C#Cc1cc(F)c(OC(C)C)c(Br)c1. The van der Waals surface area contributed by atoms with E-state index in [0.717, 1.165) is 0 Å². The summed E-state index contributed by atoms with van der Waals surface area (Å²) in [6.45, 7) is 3.67. The highest BCUT2D eigenvalue weighted by Gasteiger charge is 2.11. The summed E-state index contributed by atoms with van der Waals surface area (Å²) in [5.74, 6) is 2.13. The molecule has 3 heteroatoms. The molecule has 74 valence electrons. The van der Waals surface area contributed by atoms with Gasteiger partial charge in [0.05, 0.1) is 10.6 Å². The Morgan fingerprint density at radius 1 is 1.50 bits per heavy atom. The lowest BCUT2D eigenvalue weighted by atomic mass is 10.2. The average molecular weight is 257 g/mol. The second kappa shape index (κ2) is 4.47. The van der Waals surface area contributed by atoms with Crippen molar-refractivity contribution >= 4 is 15.9 Å². The van der Waals surface area contributed by atoms with Crippen molar-refractivity contribution in [3.05, 3.63) is 28.0 Å². The minimum atomic E-state index is -0.443. The van der Waals surface area contributed by atoms with E-state index in [-0.39, 0.29) is 11.9 Å². The molecule has 0 radical (unpaired) electrons. The lowest BCUT2D eigenvalue weighted by Crippen LogP contribution is -2.07. The van der Waals surface area contributed by atoms with Gasteiger partial charge in [-0.2, -0.15) is 0 Å². The van der Waals surface area contributed by atoms with Gasteiger partial charge in [-0.05, 0) is 41.9 Å². The zero-order valence-electron chi connectivity index (χ0n) is 7.97. The quantitative estimate of drug-likeness (QED) is 0.738. The normalized spacial score (nSPS) is 10.0. The third-order valence-electron chi connectivity index (χ3n) is 1.52. The molecule has 0 spiro atoms. The van der Waals surface area contributed by atoms with Crippen LogP contribution in [0.25, 0.3) is 0 Å². The second-order valence-electron chi connectivity index (χ2n) is 3.08. The van der Waals surface area contributed by atoms with Crippen molar-refractivity contribution in [2.24, 2.45) is 0 Å². The van der Waals surface area contributed by atoms with Gasteiger partial charge < -0.3 is 4.74 Å². The van der Waals surface area contributed by atoms with Crippen molar-refractivity contribution in [3.63, 3.8) is 0 Å². The van der Waals surface area contributed by atoms with E-state index in [0.29, 0.717) is 10.0 Å². The molecule has 0 aliphatic heterocycles. The van der Waals surface area contributed by atoms with Crippen molar-refractivity contribution < 1.29 is 9.13 Å². The van der Waals surface area contributed by atoms with Gasteiger partial charge >= 0.3 is 0 Å². The van der Waals surface area contributed by atoms with E-state index in [1.54, 1.807) is 6.07 Å². The van der Waals surface area contributed by atoms with E-state index >= 15 is 0 Å². The minimum absolute atomic E-state index is 0.0718. The Hall–Kier alpha value is -1.01. The Kier molecular flexibility index (Phi) is 3.54. The maximum Gasteiger partial charge on any atom is 0.169 e. The molecule has 0 N–H and O–H groups in total. The van der Waals surface area contributed by atoms with Crippen LogP contribution in [0.3, 0.4) is 0 Å². The summed E-state index contributed by atoms with van der Waals surface area (Å²) in [6, 6.07) is 2.93. The number of terminal acetylenes is 1. The molecule has 0 saturated heterocycles. The Morgan fingerprint density at radius 2 is 2.14 bits per heavy atom. The largest absolute Gasteiger partial charge is 0.487 e. The first-order chi connectivity index (χ1) is 6.54.